The average Bonchev–Trinajstić information content (AvgIpc) is 2.25. The maximum Gasteiger partial charge on any atom is 0.328 e. The first-order valence-electron chi connectivity index (χ1n) is 4.77. The zero-order chi connectivity index (χ0) is 11.3. The Labute approximate surface area is 88.2 Å². The number of methoxy groups -OCH3 is 1. The summed E-state index contributed by atoms with van der Waals surface area (Å²) in [6.45, 7) is 1.86. The normalized spacial score (nSPS) is 11.9. The van der Waals surface area contributed by atoms with E-state index in [1.807, 2.05) is 6.92 Å². The summed E-state index contributed by atoms with van der Waals surface area (Å²) < 4.78 is 17.5. The number of esters is 1. The molecule has 0 heterocycles. The van der Waals surface area contributed by atoms with Crippen LogP contribution in [0.25, 0.3) is 0 Å². The summed E-state index contributed by atoms with van der Waals surface area (Å²) in [6.07, 6.45) is 0.586. The molecule has 0 bridgehead atoms. The summed E-state index contributed by atoms with van der Waals surface area (Å²) in [6, 6.07) is 5.54. The molecule has 0 saturated heterocycles. The third-order valence-electron chi connectivity index (χ3n) is 2.06. The molecule has 1 atom stereocenters. The highest BCUT2D eigenvalue weighted by Crippen LogP contribution is 2.12. The summed E-state index contributed by atoms with van der Waals surface area (Å²) in [7, 11) is 1.33. The van der Waals surface area contributed by atoms with E-state index in [2.05, 4.69) is 10.1 Å². The number of carbonyl (C=O) groups is 1. The van der Waals surface area contributed by atoms with Gasteiger partial charge in [-0.2, -0.15) is 0 Å². The topological polar surface area (TPSA) is 38.3 Å². The smallest absolute Gasteiger partial charge is 0.328 e. The monoisotopic (exact) mass is 211 g/mol. The van der Waals surface area contributed by atoms with Crippen LogP contribution in [0.2, 0.25) is 0 Å². The lowest BCUT2D eigenvalue weighted by molar-refractivity contribution is -0.141. The van der Waals surface area contributed by atoms with Crippen LogP contribution in [-0.4, -0.2) is 19.1 Å². The minimum atomic E-state index is -0.434. The first-order chi connectivity index (χ1) is 7.17. The van der Waals surface area contributed by atoms with E-state index in [9.17, 15) is 9.18 Å². The molecule has 1 aromatic carbocycles. The van der Waals surface area contributed by atoms with Crippen LogP contribution in [-0.2, 0) is 9.53 Å². The quantitative estimate of drug-likeness (QED) is 0.776. The fraction of sp³-hybridized carbons (Fsp3) is 0.364. The van der Waals surface area contributed by atoms with Gasteiger partial charge in [0, 0.05) is 5.69 Å². The Kier molecular flexibility index (Phi) is 4.09. The molecule has 15 heavy (non-hydrogen) atoms. The molecule has 1 unspecified atom stereocenters. The second-order valence-electron chi connectivity index (χ2n) is 3.14. The Morgan fingerprint density at radius 3 is 2.87 bits per heavy atom. The Hall–Kier alpha value is -1.58. The number of benzene rings is 1. The minimum Gasteiger partial charge on any atom is -0.467 e. The van der Waals surface area contributed by atoms with Crippen molar-refractivity contribution in [2.45, 2.75) is 19.4 Å². The van der Waals surface area contributed by atoms with E-state index in [1.54, 1.807) is 12.1 Å². The third-order valence-corrected chi connectivity index (χ3v) is 2.06. The van der Waals surface area contributed by atoms with Crippen LogP contribution in [0, 0.1) is 5.82 Å². The van der Waals surface area contributed by atoms with E-state index < -0.39 is 6.04 Å². The molecule has 0 saturated carbocycles. The molecule has 0 aliphatic rings. The fourth-order valence-corrected chi connectivity index (χ4v) is 1.25. The Balaban J connectivity index is 2.70. The van der Waals surface area contributed by atoms with Gasteiger partial charge in [0.2, 0.25) is 0 Å². The SMILES string of the molecule is CCC(Nc1cccc(F)c1)C(=O)OC. The van der Waals surface area contributed by atoms with Gasteiger partial charge in [-0.3, -0.25) is 0 Å². The van der Waals surface area contributed by atoms with Crippen LogP contribution in [0.15, 0.2) is 24.3 Å². The van der Waals surface area contributed by atoms with Crippen molar-refractivity contribution in [1.29, 1.82) is 0 Å². The summed E-state index contributed by atoms with van der Waals surface area (Å²) in [5.74, 6) is -0.679. The van der Waals surface area contributed by atoms with Crippen molar-refractivity contribution < 1.29 is 13.9 Å². The molecular formula is C11H14FNO2. The highest BCUT2D eigenvalue weighted by Gasteiger charge is 2.16. The van der Waals surface area contributed by atoms with Crippen LogP contribution in [0.4, 0.5) is 10.1 Å². The number of ether oxygens (including phenoxy) is 1. The van der Waals surface area contributed by atoms with Gasteiger partial charge in [0.1, 0.15) is 11.9 Å². The van der Waals surface area contributed by atoms with Crippen molar-refractivity contribution in [3.05, 3.63) is 30.1 Å². The Morgan fingerprint density at radius 1 is 1.60 bits per heavy atom. The van der Waals surface area contributed by atoms with Crippen molar-refractivity contribution in [2.75, 3.05) is 12.4 Å². The van der Waals surface area contributed by atoms with Crippen molar-refractivity contribution in [3.63, 3.8) is 0 Å². The van der Waals surface area contributed by atoms with Crippen LogP contribution in [0.5, 0.6) is 0 Å². The van der Waals surface area contributed by atoms with Crippen LogP contribution >= 0.6 is 0 Å². The fourth-order valence-electron chi connectivity index (χ4n) is 1.25. The first-order valence-corrected chi connectivity index (χ1v) is 4.77. The molecule has 1 rings (SSSR count). The van der Waals surface area contributed by atoms with Crippen LogP contribution in [0.3, 0.4) is 0 Å². The molecular weight excluding hydrogens is 197 g/mol. The second kappa shape index (κ2) is 5.34. The average molecular weight is 211 g/mol. The Morgan fingerprint density at radius 2 is 2.33 bits per heavy atom. The number of rotatable bonds is 4. The van der Waals surface area contributed by atoms with Gasteiger partial charge < -0.3 is 10.1 Å². The van der Waals surface area contributed by atoms with Crippen molar-refractivity contribution in [2.24, 2.45) is 0 Å². The number of nitrogens with one attached hydrogen (secondary N) is 1. The molecule has 0 spiro atoms. The predicted molar refractivity (Wildman–Crippen MR) is 56.1 cm³/mol. The predicted octanol–water partition coefficient (Wildman–Crippen LogP) is 2.19. The molecule has 0 aliphatic carbocycles. The molecule has 1 aromatic rings. The molecule has 0 fully saturated rings. The summed E-state index contributed by atoms with van der Waals surface area (Å²) >= 11 is 0. The molecule has 82 valence electrons. The van der Waals surface area contributed by atoms with Crippen molar-refractivity contribution in [3.8, 4) is 0 Å². The molecule has 4 heteroatoms. The van der Waals surface area contributed by atoms with Gasteiger partial charge in [-0.15, -0.1) is 0 Å². The maximum absolute atomic E-state index is 12.8. The number of anilines is 1. The third kappa shape index (κ3) is 3.23. The van der Waals surface area contributed by atoms with Gasteiger partial charge in [0.05, 0.1) is 7.11 Å². The number of halogens is 1. The lowest BCUT2D eigenvalue weighted by Gasteiger charge is -2.15. The lowest BCUT2D eigenvalue weighted by atomic mass is 10.2. The highest BCUT2D eigenvalue weighted by atomic mass is 19.1. The summed E-state index contributed by atoms with van der Waals surface area (Å²) in [5, 5.41) is 2.91. The van der Waals surface area contributed by atoms with E-state index in [0.717, 1.165) is 0 Å². The molecule has 0 radical (unpaired) electrons. The molecule has 0 amide bonds. The number of hydrogen-bond donors (Lipinski definition) is 1. The largest absolute Gasteiger partial charge is 0.467 e. The van der Waals surface area contributed by atoms with Gasteiger partial charge in [-0.05, 0) is 24.6 Å². The van der Waals surface area contributed by atoms with E-state index in [0.29, 0.717) is 12.1 Å². The number of hydrogen-bond acceptors (Lipinski definition) is 3. The zero-order valence-corrected chi connectivity index (χ0v) is 8.79. The minimum absolute atomic E-state index is 0.334. The molecule has 0 aromatic heterocycles. The van der Waals surface area contributed by atoms with E-state index >= 15 is 0 Å². The van der Waals surface area contributed by atoms with Crippen molar-refractivity contribution >= 4 is 11.7 Å². The van der Waals surface area contributed by atoms with E-state index in [1.165, 1.54) is 19.2 Å². The van der Waals surface area contributed by atoms with Crippen LogP contribution < -0.4 is 5.32 Å². The highest BCUT2D eigenvalue weighted by molar-refractivity contribution is 5.79. The Bertz CT molecular complexity index is 341. The number of carbonyl (C=O) groups excluding carboxylic acids is 1. The van der Waals surface area contributed by atoms with Crippen molar-refractivity contribution in [1.82, 2.24) is 0 Å². The maximum atomic E-state index is 12.8. The van der Waals surface area contributed by atoms with Gasteiger partial charge >= 0.3 is 5.97 Å². The lowest BCUT2D eigenvalue weighted by Crippen LogP contribution is -2.29. The van der Waals surface area contributed by atoms with Gasteiger partial charge in [-0.1, -0.05) is 13.0 Å². The van der Waals surface area contributed by atoms with Gasteiger partial charge in [0.15, 0.2) is 0 Å². The summed E-state index contributed by atoms with van der Waals surface area (Å²) in [4.78, 5) is 11.3. The standard InChI is InChI=1S/C11H14FNO2/c1-3-10(11(14)15-2)13-9-6-4-5-8(12)7-9/h4-7,10,13H,3H2,1-2H3. The van der Waals surface area contributed by atoms with E-state index in [4.69, 9.17) is 0 Å². The zero-order valence-electron chi connectivity index (χ0n) is 8.79. The summed E-state index contributed by atoms with van der Waals surface area (Å²) in [5.41, 5.74) is 0.576. The van der Waals surface area contributed by atoms with Crippen LogP contribution in [0.1, 0.15) is 13.3 Å². The van der Waals surface area contributed by atoms with Gasteiger partial charge in [-0.25, -0.2) is 9.18 Å². The van der Waals surface area contributed by atoms with E-state index in [-0.39, 0.29) is 11.8 Å². The van der Waals surface area contributed by atoms with Gasteiger partial charge in [0.25, 0.3) is 0 Å². The molecule has 3 nitrogen and oxygen atoms in total. The molecule has 0 aliphatic heterocycles. The second-order valence-corrected chi connectivity index (χ2v) is 3.14. The molecule has 1 N–H and O–H groups in total. The first kappa shape index (κ1) is 11.5.